The first-order valence-electron chi connectivity index (χ1n) is 6.68. The molecule has 1 saturated heterocycles. The standard InChI is InChI=1S/C13H17BrF2N2O2S/c14-4-7-17-5-1-6-18(9-8-17)21(19,20)13-10-11(15)2-3-12(13)16/h2-3,10H,1,4-9H2. The molecule has 0 N–H and O–H groups in total. The lowest BCUT2D eigenvalue weighted by atomic mass is 10.3. The summed E-state index contributed by atoms with van der Waals surface area (Å²) in [4.78, 5) is 1.56. The molecular formula is C13H17BrF2N2O2S. The summed E-state index contributed by atoms with van der Waals surface area (Å²) in [6, 6.07) is 2.50. The fourth-order valence-electron chi connectivity index (χ4n) is 2.34. The molecule has 0 radical (unpaired) electrons. The minimum absolute atomic E-state index is 0.283. The predicted octanol–water partition coefficient (Wildman–Crippen LogP) is 2.06. The molecule has 118 valence electrons. The van der Waals surface area contributed by atoms with Crippen LogP contribution in [0.25, 0.3) is 0 Å². The Bertz CT molecular complexity index is 598. The van der Waals surface area contributed by atoms with Crippen LogP contribution in [-0.4, -0.2) is 55.7 Å². The molecule has 2 rings (SSSR count). The van der Waals surface area contributed by atoms with Crippen LogP contribution >= 0.6 is 15.9 Å². The molecule has 1 aliphatic heterocycles. The van der Waals surface area contributed by atoms with Gasteiger partial charge in [0.05, 0.1) is 0 Å². The highest BCUT2D eigenvalue weighted by Gasteiger charge is 2.29. The number of hydrogen-bond donors (Lipinski definition) is 0. The lowest BCUT2D eigenvalue weighted by molar-refractivity contribution is 0.304. The number of nitrogens with zero attached hydrogens (tertiary/aromatic N) is 2. The fourth-order valence-corrected chi connectivity index (χ4v) is 4.39. The molecule has 1 aromatic rings. The lowest BCUT2D eigenvalue weighted by Gasteiger charge is -2.21. The summed E-state index contributed by atoms with van der Waals surface area (Å²) in [5.74, 6) is -1.68. The van der Waals surface area contributed by atoms with E-state index in [2.05, 4.69) is 20.8 Å². The van der Waals surface area contributed by atoms with Gasteiger partial charge in [0.15, 0.2) is 0 Å². The third kappa shape index (κ3) is 4.00. The van der Waals surface area contributed by atoms with Gasteiger partial charge in [0, 0.05) is 31.5 Å². The number of rotatable bonds is 4. The van der Waals surface area contributed by atoms with Crippen molar-refractivity contribution in [3.63, 3.8) is 0 Å². The van der Waals surface area contributed by atoms with E-state index >= 15 is 0 Å². The van der Waals surface area contributed by atoms with Gasteiger partial charge in [-0.2, -0.15) is 4.31 Å². The third-order valence-corrected chi connectivity index (χ3v) is 5.73. The quantitative estimate of drug-likeness (QED) is 0.748. The van der Waals surface area contributed by atoms with Crippen LogP contribution in [0.1, 0.15) is 6.42 Å². The van der Waals surface area contributed by atoms with Gasteiger partial charge >= 0.3 is 0 Å². The number of halogens is 3. The monoisotopic (exact) mass is 382 g/mol. The summed E-state index contributed by atoms with van der Waals surface area (Å²) in [5.41, 5.74) is 0. The zero-order valence-electron chi connectivity index (χ0n) is 11.4. The van der Waals surface area contributed by atoms with E-state index in [4.69, 9.17) is 0 Å². The molecular weight excluding hydrogens is 366 g/mol. The molecule has 0 unspecified atom stereocenters. The predicted molar refractivity (Wildman–Crippen MR) is 80.0 cm³/mol. The number of hydrogen-bond acceptors (Lipinski definition) is 3. The van der Waals surface area contributed by atoms with E-state index in [1.165, 1.54) is 4.31 Å². The Kier molecular flexibility index (Phi) is 5.70. The van der Waals surface area contributed by atoms with E-state index in [0.717, 1.165) is 36.6 Å². The highest BCUT2D eigenvalue weighted by atomic mass is 79.9. The van der Waals surface area contributed by atoms with Gasteiger partial charge in [-0.1, -0.05) is 15.9 Å². The van der Waals surface area contributed by atoms with Crippen LogP contribution in [0.3, 0.4) is 0 Å². The van der Waals surface area contributed by atoms with E-state index in [0.29, 0.717) is 19.5 Å². The van der Waals surface area contributed by atoms with E-state index in [1.54, 1.807) is 0 Å². The first kappa shape index (κ1) is 16.8. The Morgan fingerprint density at radius 3 is 2.62 bits per heavy atom. The van der Waals surface area contributed by atoms with Crippen LogP contribution < -0.4 is 0 Å². The van der Waals surface area contributed by atoms with Crippen LogP contribution in [0.5, 0.6) is 0 Å². The molecule has 1 aromatic carbocycles. The van der Waals surface area contributed by atoms with Crippen molar-refractivity contribution < 1.29 is 17.2 Å². The maximum atomic E-state index is 13.7. The van der Waals surface area contributed by atoms with Crippen molar-refractivity contribution in [2.45, 2.75) is 11.3 Å². The van der Waals surface area contributed by atoms with Crippen LogP contribution in [-0.2, 0) is 10.0 Å². The Balaban J connectivity index is 2.21. The van der Waals surface area contributed by atoms with Gasteiger partial charge in [0.25, 0.3) is 0 Å². The maximum absolute atomic E-state index is 13.7. The fraction of sp³-hybridized carbons (Fsp3) is 0.538. The van der Waals surface area contributed by atoms with Crippen molar-refractivity contribution in [3.05, 3.63) is 29.8 Å². The van der Waals surface area contributed by atoms with E-state index < -0.39 is 26.6 Å². The van der Waals surface area contributed by atoms with Gasteiger partial charge in [-0.15, -0.1) is 0 Å². The average molecular weight is 383 g/mol. The number of sulfonamides is 1. The van der Waals surface area contributed by atoms with Gasteiger partial charge < -0.3 is 4.90 Å². The van der Waals surface area contributed by atoms with Gasteiger partial charge in [-0.3, -0.25) is 0 Å². The molecule has 8 heteroatoms. The van der Waals surface area contributed by atoms with Gasteiger partial charge in [0.1, 0.15) is 16.5 Å². The lowest BCUT2D eigenvalue weighted by Crippen LogP contribution is -2.36. The maximum Gasteiger partial charge on any atom is 0.246 e. The third-order valence-electron chi connectivity index (χ3n) is 3.46. The first-order chi connectivity index (χ1) is 9.95. The van der Waals surface area contributed by atoms with Crippen molar-refractivity contribution in [1.82, 2.24) is 9.21 Å². The van der Waals surface area contributed by atoms with Crippen molar-refractivity contribution in [3.8, 4) is 0 Å². The van der Waals surface area contributed by atoms with E-state index in [-0.39, 0.29) is 6.54 Å². The Morgan fingerprint density at radius 2 is 1.90 bits per heavy atom. The zero-order valence-corrected chi connectivity index (χ0v) is 13.8. The molecule has 1 fully saturated rings. The molecule has 1 heterocycles. The minimum atomic E-state index is -4.00. The average Bonchev–Trinajstić information content (AvgIpc) is 2.68. The molecule has 21 heavy (non-hydrogen) atoms. The molecule has 0 saturated carbocycles. The van der Waals surface area contributed by atoms with Crippen molar-refractivity contribution in [2.24, 2.45) is 0 Å². The summed E-state index contributed by atoms with van der Waals surface area (Å²) in [7, 11) is -4.00. The van der Waals surface area contributed by atoms with Gasteiger partial charge in [-0.25, -0.2) is 17.2 Å². The second-order valence-corrected chi connectivity index (χ2v) is 7.56. The molecule has 1 aliphatic rings. The number of alkyl halides is 1. The summed E-state index contributed by atoms with van der Waals surface area (Å²) < 4.78 is 53.1. The highest BCUT2D eigenvalue weighted by molar-refractivity contribution is 9.09. The highest BCUT2D eigenvalue weighted by Crippen LogP contribution is 2.21. The summed E-state index contributed by atoms with van der Waals surface area (Å²) >= 11 is 3.35. The summed E-state index contributed by atoms with van der Waals surface area (Å²) in [6.07, 6.45) is 0.670. The first-order valence-corrected chi connectivity index (χ1v) is 9.25. The van der Waals surface area contributed by atoms with Crippen LogP contribution in [0.15, 0.2) is 23.1 Å². The van der Waals surface area contributed by atoms with Gasteiger partial charge in [0.2, 0.25) is 10.0 Å². The van der Waals surface area contributed by atoms with Crippen molar-refractivity contribution >= 4 is 26.0 Å². The molecule has 0 amide bonds. The molecule has 0 bridgehead atoms. The zero-order chi connectivity index (χ0) is 15.5. The largest absolute Gasteiger partial charge is 0.301 e. The molecule has 4 nitrogen and oxygen atoms in total. The van der Waals surface area contributed by atoms with E-state index in [9.17, 15) is 17.2 Å². The second kappa shape index (κ2) is 7.13. The molecule has 0 spiro atoms. The van der Waals surface area contributed by atoms with Gasteiger partial charge in [-0.05, 0) is 31.2 Å². The molecule has 0 atom stereocenters. The van der Waals surface area contributed by atoms with Crippen LogP contribution in [0.4, 0.5) is 8.78 Å². The number of benzene rings is 1. The van der Waals surface area contributed by atoms with Crippen molar-refractivity contribution in [2.75, 3.05) is 38.1 Å². The summed E-state index contributed by atoms with van der Waals surface area (Å²) in [5, 5.41) is 0.818. The minimum Gasteiger partial charge on any atom is -0.301 e. The topological polar surface area (TPSA) is 40.6 Å². The Labute approximate surface area is 131 Å². The Morgan fingerprint density at radius 1 is 1.14 bits per heavy atom. The van der Waals surface area contributed by atoms with Crippen LogP contribution in [0.2, 0.25) is 0 Å². The molecule has 0 aliphatic carbocycles. The normalized spacial score (nSPS) is 18.6. The summed E-state index contributed by atoms with van der Waals surface area (Å²) in [6.45, 7) is 2.82. The van der Waals surface area contributed by atoms with Crippen LogP contribution in [0, 0.1) is 11.6 Å². The van der Waals surface area contributed by atoms with Crippen molar-refractivity contribution in [1.29, 1.82) is 0 Å². The molecule has 0 aromatic heterocycles. The second-order valence-electron chi connectivity index (χ2n) is 4.86. The van der Waals surface area contributed by atoms with E-state index in [1.807, 2.05) is 0 Å². The smallest absolute Gasteiger partial charge is 0.246 e. The Hall–Kier alpha value is -0.570. The SMILES string of the molecule is O=S(=O)(c1cc(F)ccc1F)N1CCCN(CCBr)CC1.